The molecule has 1 aliphatic carbocycles. The highest BCUT2D eigenvalue weighted by Crippen LogP contribution is 2.48. The standard InChI is InChI=1S/C16H24BrNO/c1-11-5-7-16(10-18,8-6-11)15(19)13-4-3-12(2)9-14(13)17/h3-4,9,11,15,19H,5-8,10,18H2,1-2H3. The van der Waals surface area contributed by atoms with Gasteiger partial charge in [-0.25, -0.2) is 0 Å². The molecule has 2 nitrogen and oxygen atoms in total. The quantitative estimate of drug-likeness (QED) is 0.883. The zero-order valence-electron chi connectivity index (χ0n) is 11.8. The lowest BCUT2D eigenvalue weighted by Crippen LogP contribution is -2.40. The summed E-state index contributed by atoms with van der Waals surface area (Å²) < 4.78 is 0.992. The molecular formula is C16H24BrNO. The molecule has 0 bridgehead atoms. The van der Waals surface area contributed by atoms with Crippen LogP contribution in [0.2, 0.25) is 0 Å². The summed E-state index contributed by atoms with van der Waals surface area (Å²) >= 11 is 3.58. The van der Waals surface area contributed by atoms with Crippen LogP contribution in [0.3, 0.4) is 0 Å². The van der Waals surface area contributed by atoms with Crippen molar-refractivity contribution in [1.29, 1.82) is 0 Å². The number of hydrogen-bond acceptors (Lipinski definition) is 2. The Morgan fingerprint density at radius 3 is 2.58 bits per heavy atom. The predicted molar refractivity (Wildman–Crippen MR) is 83.0 cm³/mol. The molecule has 1 aromatic rings. The Kier molecular flexibility index (Phi) is 4.70. The maximum Gasteiger partial charge on any atom is 0.0869 e. The van der Waals surface area contributed by atoms with E-state index in [0.29, 0.717) is 6.54 Å². The molecule has 0 aromatic heterocycles. The molecule has 1 saturated carbocycles. The van der Waals surface area contributed by atoms with E-state index in [1.807, 2.05) is 6.07 Å². The summed E-state index contributed by atoms with van der Waals surface area (Å²) in [6.07, 6.45) is 3.90. The number of nitrogens with two attached hydrogens (primary N) is 1. The highest BCUT2D eigenvalue weighted by molar-refractivity contribution is 9.10. The van der Waals surface area contributed by atoms with Crippen molar-refractivity contribution in [1.82, 2.24) is 0 Å². The number of aliphatic hydroxyl groups is 1. The largest absolute Gasteiger partial charge is 0.388 e. The molecule has 2 rings (SSSR count). The second kappa shape index (κ2) is 5.94. The van der Waals surface area contributed by atoms with Crippen LogP contribution in [0.1, 0.15) is 49.8 Å². The van der Waals surface area contributed by atoms with Crippen molar-refractivity contribution < 1.29 is 5.11 Å². The van der Waals surface area contributed by atoms with E-state index in [2.05, 4.69) is 41.9 Å². The van der Waals surface area contributed by atoms with Gasteiger partial charge in [-0.1, -0.05) is 47.8 Å². The molecule has 0 saturated heterocycles. The fourth-order valence-electron chi connectivity index (χ4n) is 3.11. The molecule has 0 spiro atoms. The Labute approximate surface area is 124 Å². The molecule has 1 aromatic carbocycles. The molecule has 1 atom stereocenters. The van der Waals surface area contributed by atoms with Crippen molar-refractivity contribution in [2.45, 2.75) is 45.6 Å². The Morgan fingerprint density at radius 2 is 2.05 bits per heavy atom. The Balaban J connectivity index is 2.27. The minimum absolute atomic E-state index is 0.149. The van der Waals surface area contributed by atoms with Crippen LogP contribution in [-0.4, -0.2) is 11.7 Å². The van der Waals surface area contributed by atoms with Crippen molar-refractivity contribution in [2.24, 2.45) is 17.1 Å². The van der Waals surface area contributed by atoms with Gasteiger partial charge < -0.3 is 10.8 Å². The molecule has 3 N–H and O–H groups in total. The van der Waals surface area contributed by atoms with E-state index < -0.39 is 6.10 Å². The monoisotopic (exact) mass is 325 g/mol. The summed E-state index contributed by atoms with van der Waals surface area (Å²) in [5.74, 6) is 0.758. The second-order valence-corrected chi connectivity index (χ2v) is 7.03. The van der Waals surface area contributed by atoms with Crippen LogP contribution >= 0.6 is 15.9 Å². The minimum Gasteiger partial charge on any atom is -0.388 e. The number of aryl methyl sites for hydroxylation is 1. The van der Waals surface area contributed by atoms with E-state index in [1.165, 1.54) is 5.56 Å². The van der Waals surface area contributed by atoms with Gasteiger partial charge in [0.05, 0.1) is 6.10 Å². The summed E-state index contributed by atoms with van der Waals surface area (Å²) in [6, 6.07) is 6.15. The smallest absolute Gasteiger partial charge is 0.0869 e. The number of benzene rings is 1. The molecule has 3 heteroatoms. The molecular weight excluding hydrogens is 302 g/mol. The second-order valence-electron chi connectivity index (χ2n) is 6.18. The van der Waals surface area contributed by atoms with Crippen molar-refractivity contribution in [3.63, 3.8) is 0 Å². The van der Waals surface area contributed by atoms with Gasteiger partial charge >= 0.3 is 0 Å². The van der Waals surface area contributed by atoms with Crippen LogP contribution in [0.5, 0.6) is 0 Å². The van der Waals surface area contributed by atoms with Gasteiger partial charge in [-0.05, 0) is 42.9 Å². The third-order valence-corrected chi connectivity index (χ3v) is 5.39. The van der Waals surface area contributed by atoms with E-state index in [0.717, 1.165) is 41.6 Å². The summed E-state index contributed by atoms with van der Waals surface area (Å²) in [6.45, 7) is 4.90. The summed E-state index contributed by atoms with van der Waals surface area (Å²) in [4.78, 5) is 0. The molecule has 1 unspecified atom stereocenters. The maximum atomic E-state index is 10.8. The van der Waals surface area contributed by atoms with Crippen molar-refractivity contribution >= 4 is 15.9 Å². The first kappa shape index (κ1) is 15.0. The molecule has 0 amide bonds. The SMILES string of the molecule is Cc1ccc(C(O)C2(CN)CCC(C)CC2)c(Br)c1. The summed E-state index contributed by atoms with van der Waals surface area (Å²) in [7, 11) is 0. The van der Waals surface area contributed by atoms with Gasteiger partial charge in [0.15, 0.2) is 0 Å². The number of hydrogen-bond donors (Lipinski definition) is 2. The molecule has 0 heterocycles. The van der Waals surface area contributed by atoms with Crippen LogP contribution in [0.25, 0.3) is 0 Å². The average molecular weight is 326 g/mol. The lowest BCUT2D eigenvalue weighted by atomic mass is 9.66. The first-order valence-corrected chi connectivity index (χ1v) is 7.92. The van der Waals surface area contributed by atoms with Crippen LogP contribution in [0, 0.1) is 18.3 Å². The van der Waals surface area contributed by atoms with Gasteiger partial charge in [0.25, 0.3) is 0 Å². The Bertz CT molecular complexity index is 438. The van der Waals surface area contributed by atoms with E-state index in [-0.39, 0.29) is 5.41 Å². The zero-order valence-corrected chi connectivity index (χ0v) is 13.4. The first-order chi connectivity index (χ1) is 8.98. The van der Waals surface area contributed by atoms with Gasteiger partial charge in [-0.2, -0.15) is 0 Å². The predicted octanol–water partition coefficient (Wildman–Crippen LogP) is 3.95. The van der Waals surface area contributed by atoms with Crippen LogP contribution in [-0.2, 0) is 0 Å². The molecule has 106 valence electrons. The summed E-state index contributed by atoms with van der Waals surface area (Å²) in [5.41, 5.74) is 8.05. The summed E-state index contributed by atoms with van der Waals surface area (Å²) in [5, 5.41) is 10.8. The Morgan fingerprint density at radius 1 is 1.42 bits per heavy atom. The normalized spacial score (nSPS) is 29.2. The van der Waals surface area contributed by atoms with Crippen molar-refractivity contribution in [3.8, 4) is 0 Å². The highest BCUT2D eigenvalue weighted by Gasteiger charge is 2.40. The van der Waals surface area contributed by atoms with Gasteiger partial charge in [0, 0.05) is 16.4 Å². The zero-order chi connectivity index (χ0) is 14.0. The molecule has 19 heavy (non-hydrogen) atoms. The highest BCUT2D eigenvalue weighted by atomic mass is 79.9. The average Bonchev–Trinajstić information content (AvgIpc) is 2.39. The van der Waals surface area contributed by atoms with Crippen LogP contribution < -0.4 is 5.73 Å². The number of aliphatic hydroxyl groups excluding tert-OH is 1. The molecule has 1 aliphatic rings. The van der Waals surface area contributed by atoms with Crippen molar-refractivity contribution in [3.05, 3.63) is 33.8 Å². The lowest BCUT2D eigenvalue weighted by molar-refractivity contribution is -0.00862. The first-order valence-electron chi connectivity index (χ1n) is 7.13. The van der Waals surface area contributed by atoms with Gasteiger partial charge in [0.1, 0.15) is 0 Å². The number of rotatable bonds is 3. The molecule has 1 fully saturated rings. The maximum absolute atomic E-state index is 10.8. The van der Waals surface area contributed by atoms with E-state index in [1.54, 1.807) is 0 Å². The minimum atomic E-state index is -0.472. The fourth-order valence-corrected chi connectivity index (χ4v) is 3.82. The van der Waals surface area contributed by atoms with Crippen LogP contribution in [0.15, 0.2) is 22.7 Å². The van der Waals surface area contributed by atoms with Gasteiger partial charge in [0.2, 0.25) is 0 Å². The van der Waals surface area contributed by atoms with Gasteiger partial charge in [-0.3, -0.25) is 0 Å². The third-order valence-electron chi connectivity index (χ3n) is 4.71. The van der Waals surface area contributed by atoms with Crippen molar-refractivity contribution in [2.75, 3.05) is 6.54 Å². The van der Waals surface area contributed by atoms with E-state index >= 15 is 0 Å². The lowest BCUT2D eigenvalue weighted by Gasteiger charge is -2.42. The molecule has 0 aliphatic heterocycles. The third kappa shape index (κ3) is 3.04. The van der Waals surface area contributed by atoms with E-state index in [4.69, 9.17) is 5.73 Å². The van der Waals surface area contributed by atoms with Crippen LogP contribution in [0.4, 0.5) is 0 Å². The Hall–Kier alpha value is -0.380. The fraction of sp³-hybridized carbons (Fsp3) is 0.625. The van der Waals surface area contributed by atoms with E-state index in [9.17, 15) is 5.11 Å². The topological polar surface area (TPSA) is 46.2 Å². The molecule has 0 radical (unpaired) electrons. The van der Waals surface area contributed by atoms with Gasteiger partial charge in [-0.15, -0.1) is 0 Å². The number of halogens is 1.